The highest BCUT2D eigenvalue weighted by molar-refractivity contribution is 6.18. The fraction of sp³-hybridized carbons (Fsp3) is 0.686. The van der Waals surface area contributed by atoms with Gasteiger partial charge in [0, 0.05) is 56.8 Å². The molecule has 2 aliphatic carbocycles. The Morgan fingerprint density at radius 3 is 2.77 bits per heavy atom. The average molecular weight is 669 g/mol. The molecular formula is C35H47ClF2N8O. The van der Waals surface area contributed by atoms with Crippen molar-refractivity contribution in [2.75, 3.05) is 44.0 Å². The zero-order valence-electron chi connectivity index (χ0n) is 27.3. The maximum Gasteiger partial charge on any atom is 0.168 e. The molecule has 0 radical (unpaired) electrons. The Hall–Kier alpha value is -2.44. The normalized spacial score (nSPS) is 33.9. The van der Waals surface area contributed by atoms with Crippen molar-refractivity contribution in [2.24, 2.45) is 17.8 Å². The van der Waals surface area contributed by atoms with E-state index in [2.05, 4.69) is 37.4 Å². The quantitative estimate of drug-likeness (QED) is 0.363. The Balaban J connectivity index is 1.11. The molecule has 12 heteroatoms. The van der Waals surface area contributed by atoms with Gasteiger partial charge in [0.15, 0.2) is 11.5 Å². The second-order valence-electron chi connectivity index (χ2n) is 14.7. The first kappa shape index (κ1) is 31.8. The van der Waals surface area contributed by atoms with Crippen LogP contribution < -0.4 is 10.3 Å². The summed E-state index contributed by atoms with van der Waals surface area (Å²) in [6, 6.07) is 4.85. The van der Waals surface area contributed by atoms with E-state index in [0.717, 1.165) is 86.9 Å². The molecule has 0 spiro atoms. The minimum Gasteiger partial charge on any atom is -0.373 e. The Morgan fingerprint density at radius 1 is 1.00 bits per heavy atom. The zero-order chi connectivity index (χ0) is 32.1. The molecule has 8 atom stereocenters. The van der Waals surface area contributed by atoms with E-state index in [0.29, 0.717) is 23.6 Å². The van der Waals surface area contributed by atoms with E-state index >= 15 is 0 Å². The first-order valence-electron chi connectivity index (χ1n) is 17.8. The number of rotatable bonds is 4. The molecule has 5 heterocycles. The van der Waals surface area contributed by atoms with Crippen LogP contribution in [0.15, 0.2) is 30.7 Å². The highest BCUT2D eigenvalue weighted by Gasteiger charge is 2.49. The van der Waals surface area contributed by atoms with E-state index < -0.39 is 11.6 Å². The Morgan fingerprint density at radius 2 is 1.89 bits per heavy atom. The first-order chi connectivity index (χ1) is 23.0. The summed E-state index contributed by atoms with van der Waals surface area (Å²) in [4.78, 5) is 14.2. The molecule has 0 amide bonds. The first-order valence-corrected chi connectivity index (χ1v) is 18.3. The third kappa shape index (κ3) is 6.16. The number of hydrogen-bond acceptors (Lipinski definition) is 8. The second kappa shape index (κ2) is 13.5. The minimum atomic E-state index is -0.687. The Labute approximate surface area is 280 Å². The number of nitrogens with zero attached hydrogens (tertiary/aromatic N) is 7. The van der Waals surface area contributed by atoms with E-state index in [1.165, 1.54) is 61.7 Å². The molecule has 1 aromatic carbocycles. The van der Waals surface area contributed by atoms with Crippen LogP contribution in [0.2, 0.25) is 0 Å². The van der Waals surface area contributed by atoms with Gasteiger partial charge in [0.05, 0.1) is 23.8 Å². The largest absolute Gasteiger partial charge is 0.373 e. The number of fused-ring (bicyclic) bond motifs is 6. The van der Waals surface area contributed by atoms with E-state index in [9.17, 15) is 8.78 Å². The minimum absolute atomic E-state index is 0.0902. The highest BCUT2D eigenvalue weighted by atomic mass is 35.5. The van der Waals surface area contributed by atoms with Crippen molar-refractivity contribution in [1.82, 2.24) is 35.1 Å². The molecule has 5 fully saturated rings. The van der Waals surface area contributed by atoms with Crippen LogP contribution in [0.3, 0.4) is 0 Å². The zero-order valence-corrected chi connectivity index (χ0v) is 28.0. The van der Waals surface area contributed by atoms with Crippen LogP contribution in [0.1, 0.15) is 64.2 Å². The molecule has 47 heavy (non-hydrogen) atoms. The lowest BCUT2D eigenvalue weighted by Gasteiger charge is -2.43. The van der Waals surface area contributed by atoms with Gasteiger partial charge in [0.2, 0.25) is 0 Å². The molecule has 2 aromatic heterocycles. The predicted molar refractivity (Wildman–Crippen MR) is 179 cm³/mol. The third-order valence-corrected chi connectivity index (χ3v) is 12.1. The van der Waals surface area contributed by atoms with Gasteiger partial charge in [-0.25, -0.2) is 28.4 Å². The molecule has 1 N–H and O–H groups in total. The number of alkyl halides is 1. The van der Waals surface area contributed by atoms with Gasteiger partial charge in [-0.2, -0.15) is 5.10 Å². The van der Waals surface area contributed by atoms with Crippen LogP contribution in [-0.2, 0) is 4.74 Å². The van der Waals surface area contributed by atoms with Crippen molar-refractivity contribution < 1.29 is 13.5 Å². The van der Waals surface area contributed by atoms with Gasteiger partial charge in [0.25, 0.3) is 0 Å². The van der Waals surface area contributed by atoms with Crippen LogP contribution in [0.4, 0.5) is 14.6 Å². The van der Waals surface area contributed by atoms with E-state index in [4.69, 9.17) is 21.3 Å². The number of ether oxygens (including phenoxy) is 1. The lowest BCUT2D eigenvalue weighted by Crippen LogP contribution is -2.44. The molecule has 3 aliphatic heterocycles. The number of hydrogen-bond donors (Lipinski definition) is 1. The van der Waals surface area contributed by atoms with E-state index in [1.807, 2.05) is 0 Å². The van der Waals surface area contributed by atoms with Crippen molar-refractivity contribution in [1.29, 1.82) is 0 Å². The van der Waals surface area contributed by atoms with Crippen LogP contribution in [0, 0.1) is 29.4 Å². The molecule has 9 nitrogen and oxygen atoms in total. The van der Waals surface area contributed by atoms with Crippen molar-refractivity contribution in [2.45, 2.75) is 94.5 Å². The van der Waals surface area contributed by atoms with Gasteiger partial charge in [-0.3, -0.25) is 5.43 Å². The summed E-state index contributed by atoms with van der Waals surface area (Å²) in [7, 11) is 2.27. The van der Waals surface area contributed by atoms with Crippen LogP contribution in [0.25, 0.3) is 16.7 Å². The van der Waals surface area contributed by atoms with Gasteiger partial charge in [-0.05, 0) is 87.8 Å². The molecule has 5 aliphatic rings. The molecule has 3 aromatic rings. The monoisotopic (exact) mass is 668 g/mol. The molecule has 3 saturated heterocycles. The fourth-order valence-electron chi connectivity index (χ4n) is 10.0. The van der Waals surface area contributed by atoms with Crippen LogP contribution >= 0.6 is 11.6 Å². The number of anilines is 1. The number of hydrazine groups is 1. The summed E-state index contributed by atoms with van der Waals surface area (Å²) < 4.78 is 37.0. The molecule has 4 bridgehead atoms. The van der Waals surface area contributed by atoms with Crippen LogP contribution in [0.5, 0.6) is 0 Å². The van der Waals surface area contributed by atoms with Gasteiger partial charge in [-0.15, -0.1) is 11.6 Å². The molecule has 254 valence electrons. The summed E-state index contributed by atoms with van der Waals surface area (Å²) in [5, 5.41) is 7.69. The number of aromatic nitrogens is 4. The summed E-state index contributed by atoms with van der Waals surface area (Å²) in [6.45, 7) is 3.42. The molecule has 2 saturated carbocycles. The number of nitrogens with one attached hydrogen (secondary N) is 1. The van der Waals surface area contributed by atoms with Crippen LogP contribution in [-0.4, -0.2) is 99.1 Å². The molecular weight excluding hydrogens is 622 g/mol. The van der Waals surface area contributed by atoms with E-state index in [-0.39, 0.29) is 23.9 Å². The molecule has 8 rings (SSSR count). The SMILES string of the molecule is CN1NC2CCCC3C4CCCC(C4)O[C@H]4C[C@@H](CN(CCCl)CCCC1C23)N(c1ncnc2c1cnn2-c1ccc(F)cc1F)C4. The number of halogens is 3. The van der Waals surface area contributed by atoms with Gasteiger partial charge in [0.1, 0.15) is 23.6 Å². The third-order valence-electron chi connectivity index (χ3n) is 12.0. The summed E-state index contributed by atoms with van der Waals surface area (Å²) in [6.07, 6.45) is 15.7. The van der Waals surface area contributed by atoms with Gasteiger partial charge >= 0.3 is 0 Å². The van der Waals surface area contributed by atoms with Gasteiger partial charge < -0.3 is 14.5 Å². The average Bonchev–Trinajstić information content (AvgIpc) is 3.76. The Kier molecular flexibility index (Phi) is 9.11. The predicted octanol–water partition coefficient (Wildman–Crippen LogP) is 5.55. The summed E-state index contributed by atoms with van der Waals surface area (Å²) in [5.41, 5.74) is 4.53. The standard InChI is InChI=1S/C35H47ClF2N8O/c1-43-32-9-4-13-44(14-12-36)19-24-17-26(47-25-6-2-5-22(15-25)27-7-3-8-30(42-43)33(27)32)20-45(24)34-28-18-41-46(35(28)40-21-39-34)31-11-10-23(37)16-29(31)38/h10-11,16,18,21-22,24-27,30,32-33,42H,2-9,12-15,17,19-20H2,1H3/t22?,24-,25?,26-,27?,30?,32?,33?/m0/s1. The van der Waals surface area contributed by atoms with Gasteiger partial charge in [-0.1, -0.05) is 12.8 Å². The Bertz CT molecular complexity index is 1560. The lowest BCUT2D eigenvalue weighted by molar-refractivity contribution is -0.0464. The highest BCUT2D eigenvalue weighted by Crippen LogP contribution is 2.47. The fourth-order valence-corrected chi connectivity index (χ4v) is 10.2. The second-order valence-corrected chi connectivity index (χ2v) is 15.0. The smallest absolute Gasteiger partial charge is 0.168 e. The van der Waals surface area contributed by atoms with Crippen molar-refractivity contribution in [3.63, 3.8) is 0 Å². The number of benzene rings is 1. The topological polar surface area (TPSA) is 74.6 Å². The molecule has 6 unspecified atom stereocenters. The summed E-state index contributed by atoms with van der Waals surface area (Å²) >= 11 is 6.40. The van der Waals surface area contributed by atoms with Crippen molar-refractivity contribution in [3.8, 4) is 5.69 Å². The maximum absolute atomic E-state index is 14.8. The van der Waals surface area contributed by atoms with Crippen molar-refractivity contribution in [3.05, 3.63) is 42.4 Å². The lowest BCUT2D eigenvalue weighted by atomic mass is 9.64. The maximum atomic E-state index is 14.8. The van der Waals surface area contributed by atoms with Crippen molar-refractivity contribution >= 4 is 28.5 Å². The van der Waals surface area contributed by atoms with E-state index in [1.54, 1.807) is 6.20 Å². The summed E-state index contributed by atoms with van der Waals surface area (Å²) in [5.74, 6) is 2.26.